The Labute approximate surface area is 117 Å². The predicted molar refractivity (Wildman–Crippen MR) is 72.5 cm³/mol. The van der Waals surface area contributed by atoms with Crippen molar-refractivity contribution in [1.82, 2.24) is 20.2 Å². The Morgan fingerprint density at radius 3 is 2.90 bits per heavy atom. The Morgan fingerprint density at radius 1 is 1.50 bits per heavy atom. The van der Waals surface area contributed by atoms with E-state index in [1.54, 1.807) is 4.57 Å². The summed E-state index contributed by atoms with van der Waals surface area (Å²) >= 11 is 0. The number of carbonyl (C=O) groups is 2. The predicted octanol–water partition coefficient (Wildman–Crippen LogP) is 1.07. The van der Waals surface area contributed by atoms with Gasteiger partial charge in [-0.1, -0.05) is 13.3 Å². The number of carbonyl (C=O) groups excluding carboxylic acids is 1. The highest BCUT2D eigenvalue weighted by molar-refractivity contribution is 5.84. The van der Waals surface area contributed by atoms with Crippen LogP contribution in [0.3, 0.4) is 0 Å². The van der Waals surface area contributed by atoms with Gasteiger partial charge in [0.2, 0.25) is 0 Å². The third-order valence-electron chi connectivity index (χ3n) is 3.69. The molecule has 20 heavy (non-hydrogen) atoms. The van der Waals surface area contributed by atoms with Crippen LogP contribution in [0.25, 0.3) is 0 Å². The molecule has 2 rings (SSSR count). The monoisotopic (exact) mass is 280 g/mol. The molecule has 0 aliphatic heterocycles. The maximum Gasteiger partial charge on any atom is 0.356 e. The highest BCUT2D eigenvalue weighted by atomic mass is 16.4. The number of nitrogens with zero attached hydrogens (tertiary/aromatic N) is 2. The molecule has 2 amide bonds. The van der Waals surface area contributed by atoms with Gasteiger partial charge in [-0.2, -0.15) is 0 Å². The Bertz CT molecular complexity index is 486. The summed E-state index contributed by atoms with van der Waals surface area (Å²) in [7, 11) is 0. The van der Waals surface area contributed by atoms with Gasteiger partial charge in [0.15, 0.2) is 5.69 Å². The topological polar surface area (TPSA) is 96.3 Å². The summed E-state index contributed by atoms with van der Waals surface area (Å²) in [6.07, 6.45) is 6.26. The molecule has 110 valence electrons. The molecular formula is C13H20N4O3. The van der Waals surface area contributed by atoms with Gasteiger partial charge in [-0.15, -0.1) is 0 Å². The van der Waals surface area contributed by atoms with Gasteiger partial charge in [0, 0.05) is 25.3 Å². The van der Waals surface area contributed by atoms with Gasteiger partial charge in [-0.25, -0.2) is 14.6 Å². The molecule has 0 saturated heterocycles. The number of aromatic carboxylic acids is 1. The summed E-state index contributed by atoms with van der Waals surface area (Å²) in [5.41, 5.74) is 0.00855. The fraction of sp³-hybridized carbons (Fsp3) is 0.615. The Morgan fingerprint density at radius 2 is 2.30 bits per heavy atom. The van der Waals surface area contributed by atoms with Crippen LogP contribution >= 0.6 is 0 Å². The van der Waals surface area contributed by atoms with Gasteiger partial charge in [0.05, 0.1) is 6.33 Å². The van der Waals surface area contributed by atoms with Crippen LogP contribution in [0.5, 0.6) is 0 Å². The van der Waals surface area contributed by atoms with Crippen LogP contribution in [-0.4, -0.2) is 39.2 Å². The second-order valence-corrected chi connectivity index (χ2v) is 5.22. The molecular weight excluding hydrogens is 260 g/mol. The second-order valence-electron chi connectivity index (χ2n) is 5.22. The number of hydrogen-bond donors (Lipinski definition) is 3. The van der Waals surface area contributed by atoms with Crippen molar-refractivity contribution in [3.05, 3.63) is 18.2 Å². The number of imidazole rings is 1. The number of hydrogen-bond acceptors (Lipinski definition) is 3. The number of aromatic nitrogens is 2. The number of urea groups is 1. The molecule has 3 N–H and O–H groups in total. The largest absolute Gasteiger partial charge is 0.476 e. The van der Waals surface area contributed by atoms with Gasteiger partial charge in [-0.3, -0.25) is 0 Å². The molecule has 1 aliphatic carbocycles. The third kappa shape index (κ3) is 3.72. The highest BCUT2D eigenvalue weighted by Crippen LogP contribution is 2.24. The van der Waals surface area contributed by atoms with Gasteiger partial charge in [-0.05, 0) is 18.8 Å². The molecule has 0 aromatic carbocycles. The van der Waals surface area contributed by atoms with Crippen LogP contribution in [0.1, 0.15) is 36.7 Å². The number of amides is 2. The average Bonchev–Trinajstić information content (AvgIpc) is 3.00. The normalized spacial score (nSPS) is 21.6. The summed E-state index contributed by atoms with van der Waals surface area (Å²) in [5.74, 6) is -0.516. The van der Waals surface area contributed by atoms with Crippen molar-refractivity contribution in [2.75, 3.05) is 6.54 Å². The second kappa shape index (κ2) is 6.40. The molecule has 1 aliphatic rings. The van der Waals surface area contributed by atoms with Crippen molar-refractivity contribution in [2.24, 2.45) is 5.92 Å². The molecule has 1 aromatic rings. The van der Waals surface area contributed by atoms with Crippen LogP contribution in [0, 0.1) is 5.92 Å². The first kappa shape index (κ1) is 14.4. The summed E-state index contributed by atoms with van der Waals surface area (Å²) in [5, 5.41) is 14.5. The van der Waals surface area contributed by atoms with E-state index in [2.05, 4.69) is 22.5 Å². The van der Waals surface area contributed by atoms with E-state index in [4.69, 9.17) is 5.11 Å². The fourth-order valence-corrected chi connectivity index (χ4v) is 2.47. The molecule has 1 saturated carbocycles. The van der Waals surface area contributed by atoms with Crippen molar-refractivity contribution in [2.45, 2.75) is 38.8 Å². The number of rotatable bonds is 5. The number of nitrogens with one attached hydrogen (secondary N) is 2. The summed E-state index contributed by atoms with van der Waals surface area (Å²) < 4.78 is 1.64. The highest BCUT2D eigenvalue weighted by Gasteiger charge is 2.24. The van der Waals surface area contributed by atoms with Crippen LogP contribution in [0.4, 0.5) is 4.79 Å². The molecule has 0 radical (unpaired) electrons. The number of carboxylic acid groups (broad SMARTS) is 1. The van der Waals surface area contributed by atoms with Crippen molar-refractivity contribution in [3.8, 4) is 0 Å². The first-order valence-corrected chi connectivity index (χ1v) is 6.85. The van der Waals surface area contributed by atoms with Crippen molar-refractivity contribution in [1.29, 1.82) is 0 Å². The lowest BCUT2D eigenvalue weighted by Gasteiger charge is -2.17. The van der Waals surface area contributed by atoms with E-state index in [1.807, 2.05) is 0 Å². The summed E-state index contributed by atoms with van der Waals surface area (Å²) in [4.78, 5) is 26.1. The molecule has 7 heteroatoms. The van der Waals surface area contributed by atoms with Gasteiger partial charge in [0.1, 0.15) is 0 Å². The van der Waals surface area contributed by atoms with E-state index in [-0.39, 0.29) is 17.8 Å². The molecule has 0 spiro atoms. The minimum Gasteiger partial charge on any atom is -0.476 e. The Balaban J connectivity index is 1.69. The zero-order valence-electron chi connectivity index (χ0n) is 11.5. The van der Waals surface area contributed by atoms with Gasteiger partial charge >= 0.3 is 12.0 Å². The van der Waals surface area contributed by atoms with Crippen molar-refractivity contribution >= 4 is 12.0 Å². The fourth-order valence-electron chi connectivity index (χ4n) is 2.47. The molecule has 2 unspecified atom stereocenters. The lowest BCUT2D eigenvalue weighted by Crippen LogP contribution is -2.44. The average molecular weight is 280 g/mol. The lowest BCUT2D eigenvalue weighted by atomic mass is 10.1. The zero-order chi connectivity index (χ0) is 14.5. The first-order valence-electron chi connectivity index (χ1n) is 6.85. The Kier molecular flexibility index (Phi) is 4.60. The van der Waals surface area contributed by atoms with E-state index in [0.717, 1.165) is 12.8 Å². The van der Waals surface area contributed by atoms with Crippen LogP contribution in [0.15, 0.2) is 12.5 Å². The minimum atomic E-state index is -1.05. The molecule has 7 nitrogen and oxygen atoms in total. The zero-order valence-corrected chi connectivity index (χ0v) is 11.5. The van der Waals surface area contributed by atoms with E-state index in [0.29, 0.717) is 19.0 Å². The van der Waals surface area contributed by atoms with E-state index < -0.39 is 5.97 Å². The standard InChI is InChI=1S/C13H20N4O3/c1-9-3-2-4-10(9)16-13(20)14-5-6-17-7-11(12(18)19)15-8-17/h7-10H,2-6H2,1H3,(H,18,19)(H2,14,16,20). The van der Waals surface area contributed by atoms with Gasteiger partial charge in [0.25, 0.3) is 0 Å². The first-order chi connectivity index (χ1) is 9.56. The smallest absolute Gasteiger partial charge is 0.356 e. The van der Waals surface area contributed by atoms with Crippen LogP contribution < -0.4 is 10.6 Å². The van der Waals surface area contributed by atoms with E-state index in [1.165, 1.54) is 18.9 Å². The van der Waals surface area contributed by atoms with E-state index >= 15 is 0 Å². The van der Waals surface area contributed by atoms with Crippen molar-refractivity contribution in [3.63, 3.8) is 0 Å². The molecule has 1 fully saturated rings. The minimum absolute atomic E-state index is 0.00855. The van der Waals surface area contributed by atoms with Crippen LogP contribution in [0.2, 0.25) is 0 Å². The molecule has 2 atom stereocenters. The molecule has 1 aromatic heterocycles. The SMILES string of the molecule is CC1CCCC1NC(=O)NCCn1cnc(C(=O)O)c1. The quantitative estimate of drug-likeness (QED) is 0.751. The lowest BCUT2D eigenvalue weighted by molar-refractivity contribution is 0.0691. The molecule has 1 heterocycles. The Hall–Kier alpha value is -2.05. The van der Waals surface area contributed by atoms with Gasteiger partial charge < -0.3 is 20.3 Å². The van der Waals surface area contributed by atoms with Crippen molar-refractivity contribution < 1.29 is 14.7 Å². The molecule has 0 bridgehead atoms. The van der Waals surface area contributed by atoms with E-state index in [9.17, 15) is 9.59 Å². The summed E-state index contributed by atoms with van der Waals surface area (Å²) in [6, 6.07) is 0.101. The maximum atomic E-state index is 11.7. The number of carboxylic acids is 1. The maximum absolute atomic E-state index is 11.7. The third-order valence-corrected chi connectivity index (χ3v) is 3.69. The van der Waals surface area contributed by atoms with Crippen LogP contribution in [-0.2, 0) is 6.54 Å². The summed E-state index contributed by atoms with van der Waals surface area (Å²) in [6.45, 7) is 3.08.